The van der Waals surface area contributed by atoms with Gasteiger partial charge in [-0.05, 0) is 19.9 Å². The number of morpholine rings is 1. The Morgan fingerprint density at radius 3 is 2.94 bits per heavy atom. The van der Waals surface area contributed by atoms with Crippen molar-refractivity contribution in [3.8, 4) is 0 Å². The molecule has 1 aliphatic heterocycles. The molecule has 8 N–H and O–H groups in total. The Balaban J connectivity index is 2.19. The molecular formula is C20H31FN10O2. The maximum Gasteiger partial charge on any atom is 0.210 e. The van der Waals surface area contributed by atoms with E-state index in [4.69, 9.17) is 16.2 Å². The Labute approximate surface area is 191 Å². The first kappa shape index (κ1) is 25.5. The Morgan fingerprint density at radius 1 is 1.55 bits per heavy atom. The fourth-order valence-corrected chi connectivity index (χ4v) is 2.68. The predicted octanol–water partition coefficient (Wildman–Crippen LogP) is 0.297. The minimum Gasteiger partial charge on any atom is -0.394 e. The number of aryl methyl sites for hydroxylation is 1. The summed E-state index contributed by atoms with van der Waals surface area (Å²) in [6.07, 6.45) is 1.63. The van der Waals surface area contributed by atoms with Gasteiger partial charge in [-0.25, -0.2) is 14.4 Å². The summed E-state index contributed by atoms with van der Waals surface area (Å²) in [6.45, 7) is 12.1. The van der Waals surface area contributed by atoms with Crippen LogP contribution in [-0.4, -0.2) is 76.4 Å². The number of amidine groups is 1. The number of guanidine groups is 2. The van der Waals surface area contributed by atoms with E-state index in [0.717, 1.165) is 18.0 Å². The first-order valence-corrected chi connectivity index (χ1v) is 10.2. The average Bonchev–Trinajstić information content (AvgIpc) is 3.21. The van der Waals surface area contributed by atoms with Gasteiger partial charge in [-0.3, -0.25) is 10.4 Å². The topological polar surface area (TPSA) is 175 Å². The highest BCUT2D eigenvalue weighted by atomic mass is 19.1. The number of aliphatic imine (C=N–C) groups is 3. The summed E-state index contributed by atoms with van der Waals surface area (Å²) in [5.41, 5.74) is 12.7. The molecule has 2 atom stereocenters. The number of hydrogen-bond donors (Lipinski definition) is 6. The van der Waals surface area contributed by atoms with E-state index in [1.807, 2.05) is 11.8 Å². The molecule has 1 saturated heterocycles. The molecular weight excluding hydrogens is 431 g/mol. The van der Waals surface area contributed by atoms with Crippen LogP contribution in [-0.2, 0) is 4.74 Å². The lowest BCUT2D eigenvalue weighted by Crippen LogP contribution is -2.45. The Morgan fingerprint density at radius 2 is 2.30 bits per heavy atom. The highest BCUT2D eigenvalue weighted by Gasteiger charge is 2.21. The lowest BCUT2D eigenvalue weighted by molar-refractivity contribution is -0.0432. The minimum absolute atomic E-state index is 0.0182. The van der Waals surface area contributed by atoms with Gasteiger partial charge in [0.1, 0.15) is 23.5 Å². The zero-order valence-electron chi connectivity index (χ0n) is 18.8. The largest absolute Gasteiger partial charge is 0.394 e. The van der Waals surface area contributed by atoms with E-state index < -0.39 is 11.9 Å². The second kappa shape index (κ2) is 12.4. The van der Waals surface area contributed by atoms with Crippen molar-refractivity contribution in [3.05, 3.63) is 48.8 Å². The Hall–Kier alpha value is -3.71. The van der Waals surface area contributed by atoms with Crippen molar-refractivity contribution in [2.24, 2.45) is 26.4 Å². The van der Waals surface area contributed by atoms with Gasteiger partial charge in [0.2, 0.25) is 5.96 Å². The summed E-state index contributed by atoms with van der Waals surface area (Å²) < 4.78 is 18.6. The molecule has 1 aromatic heterocycles. The van der Waals surface area contributed by atoms with Crippen molar-refractivity contribution < 1.29 is 14.2 Å². The van der Waals surface area contributed by atoms with Crippen molar-refractivity contribution in [1.29, 1.82) is 0 Å². The molecule has 33 heavy (non-hydrogen) atoms. The second-order valence-corrected chi connectivity index (χ2v) is 7.15. The number of aliphatic hydroxyl groups excluding tert-OH is 1. The van der Waals surface area contributed by atoms with E-state index in [1.54, 1.807) is 13.0 Å². The first-order chi connectivity index (χ1) is 15.7. The van der Waals surface area contributed by atoms with Gasteiger partial charge in [-0.15, -0.1) is 0 Å². The predicted molar refractivity (Wildman–Crippen MR) is 127 cm³/mol. The molecule has 0 aliphatic carbocycles. The van der Waals surface area contributed by atoms with Crippen molar-refractivity contribution in [2.75, 3.05) is 31.6 Å². The van der Waals surface area contributed by atoms with E-state index in [9.17, 15) is 9.50 Å². The maximum absolute atomic E-state index is 13.2. The van der Waals surface area contributed by atoms with Gasteiger partial charge in [-0.1, -0.05) is 13.2 Å². The zero-order valence-corrected chi connectivity index (χ0v) is 18.8. The molecule has 0 spiro atoms. The van der Waals surface area contributed by atoms with Crippen LogP contribution in [0.25, 0.3) is 0 Å². The minimum atomic E-state index is -0.645. The number of nitrogens with zero attached hydrogens (tertiary/aromatic N) is 5. The Bertz CT molecular complexity index is 952. The van der Waals surface area contributed by atoms with Gasteiger partial charge < -0.3 is 31.5 Å². The highest BCUT2D eigenvalue weighted by molar-refractivity contribution is 6.05. The monoisotopic (exact) mass is 462 g/mol. The van der Waals surface area contributed by atoms with Crippen LogP contribution < -0.4 is 22.1 Å². The third kappa shape index (κ3) is 8.38. The van der Waals surface area contributed by atoms with Gasteiger partial charge in [0.05, 0.1) is 25.5 Å². The quantitative estimate of drug-likeness (QED) is 0.182. The third-order valence-electron chi connectivity index (χ3n) is 4.44. The molecule has 0 amide bonds. The second-order valence-electron chi connectivity index (χ2n) is 7.15. The van der Waals surface area contributed by atoms with E-state index in [1.165, 1.54) is 0 Å². The van der Waals surface area contributed by atoms with Crippen LogP contribution in [0.3, 0.4) is 0 Å². The molecule has 0 saturated carbocycles. The number of aromatic nitrogens is 2. The van der Waals surface area contributed by atoms with Crippen LogP contribution in [0.1, 0.15) is 12.6 Å². The van der Waals surface area contributed by atoms with Crippen molar-refractivity contribution in [3.63, 3.8) is 0 Å². The number of aromatic amines is 1. The SMILES string of the molecule is C=C/C(F)=C\N=C(N)[C@H](C)N=C(N)NC(=NC(=C)N1CCOC(CO)C1)Nc1cc(C)[nH]n1. The first-order valence-electron chi connectivity index (χ1n) is 10.2. The lowest BCUT2D eigenvalue weighted by atomic mass is 10.3. The summed E-state index contributed by atoms with van der Waals surface area (Å²) >= 11 is 0. The zero-order chi connectivity index (χ0) is 24.4. The van der Waals surface area contributed by atoms with Crippen LogP contribution >= 0.6 is 0 Å². The summed E-state index contributed by atoms with van der Waals surface area (Å²) in [5, 5.41) is 22.2. The maximum atomic E-state index is 13.2. The number of hydrogen-bond acceptors (Lipinski definition) is 7. The molecule has 1 fully saturated rings. The number of anilines is 1. The fraction of sp³-hybridized carbons (Fsp3) is 0.400. The molecule has 12 nitrogen and oxygen atoms in total. The number of nitrogens with two attached hydrogens (primary N) is 2. The number of H-pyrrole nitrogens is 1. The number of nitrogens with one attached hydrogen (secondary N) is 3. The number of ether oxygens (including phenoxy) is 1. The van der Waals surface area contributed by atoms with Crippen molar-refractivity contribution >= 4 is 23.6 Å². The standard InChI is InChI=1S/C20H31FN10O2/c1-5-15(21)9-24-18(22)13(3)25-19(23)28-20(27-17-8-12(2)29-30-17)26-14(4)31-6-7-33-16(10-31)11-32/h5,8-9,13,16,32H,1,4,6-7,10-11H2,2-3H3,(H2,22,24)(H5,23,25,26,27,28,29,30)/b15-9+/t13-,16?/m0/s1. The number of aliphatic hydroxyl groups is 1. The van der Waals surface area contributed by atoms with Crippen molar-refractivity contribution in [2.45, 2.75) is 26.0 Å². The smallest absolute Gasteiger partial charge is 0.210 e. The molecule has 1 unspecified atom stereocenters. The average molecular weight is 463 g/mol. The van der Waals surface area contributed by atoms with E-state index >= 15 is 0 Å². The van der Waals surface area contributed by atoms with E-state index in [2.05, 4.69) is 49.0 Å². The lowest BCUT2D eigenvalue weighted by Gasteiger charge is -2.33. The number of rotatable bonds is 8. The molecule has 2 rings (SSSR count). The number of allylic oxidation sites excluding steroid dienone is 2. The molecule has 1 aromatic rings. The van der Waals surface area contributed by atoms with Gasteiger partial charge in [0, 0.05) is 24.8 Å². The van der Waals surface area contributed by atoms with E-state index in [-0.39, 0.29) is 30.5 Å². The van der Waals surface area contributed by atoms with Gasteiger partial charge in [0.15, 0.2) is 11.8 Å². The van der Waals surface area contributed by atoms with Crippen LogP contribution in [0.5, 0.6) is 0 Å². The van der Waals surface area contributed by atoms with Crippen molar-refractivity contribution in [1.82, 2.24) is 20.4 Å². The Kier molecular flexibility index (Phi) is 9.57. The van der Waals surface area contributed by atoms with Gasteiger partial charge in [0.25, 0.3) is 0 Å². The molecule has 0 aromatic carbocycles. The summed E-state index contributed by atoms with van der Waals surface area (Å²) in [5.74, 6) is 0.534. The fourth-order valence-electron chi connectivity index (χ4n) is 2.68. The summed E-state index contributed by atoms with van der Waals surface area (Å²) in [6, 6.07) is 1.13. The molecule has 13 heteroatoms. The normalized spacial score (nSPS) is 19.3. The summed E-state index contributed by atoms with van der Waals surface area (Å²) in [4.78, 5) is 14.4. The molecule has 1 aliphatic rings. The highest BCUT2D eigenvalue weighted by Crippen LogP contribution is 2.12. The van der Waals surface area contributed by atoms with Crippen LogP contribution in [0.15, 0.2) is 58.1 Å². The molecule has 2 heterocycles. The molecule has 180 valence electrons. The van der Waals surface area contributed by atoms with E-state index in [0.29, 0.717) is 31.3 Å². The summed E-state index contributed by atoms with van der Waals surface area (Å²) in [7, 11) is 0. The van der Waals surface area contributed by atoms with Crippen LogP contribution in [0.2, 0.25) is 0 Å². The van der Waals surface area contributed by atoms with Crippen LogP contribution in [0.4, 0.5) is 10.2 Å². The molecule has 0 bridgehead atoms. The molecule has 0 radical (unpaired) electrons. The van der Waals surface area contributed by atoms with Gasteiger partial charge >= 0.3 is 0 Å². The third-order valence-corrected chi connectivity index (χ3v) is 4.44. The van der Waals surface area contributed by atoms with Gasteiger partial charge in [-0.2, -0.15) is 10.1 Å². The number of halogens is 1. The van der Waals surface area contributed by atoms with Crippen LogP contribution in [0, 0.1) is 6.92 Å².